The molecule has 1 fully saturated rings. The molecule has 0 aliphatic carbocycles. The number of thiocarbonyl (C=S) groups is 1. The summed E-state index contributed by atoms with van der Waals surface area (Å²) >= 11 is 11.9. The van der Waals surface area contributed by atoms with Crippen molar-refractivity contribution in [3.63, 3.8) is 0 Å². The van der Waals surface area contributed by atoms with Crippen LogP contribution in [0.25, 0.3) is 5.69 Å². The maximum Gasteiger partial charge on any atom is 0.170 e. The lowest BCUT2D eigenvalue weighted by atomic mass is 9.96. The molecule has 0 amide bonds. The van der Waals surface area contributed by atoms with Crippen LogP contribution in [0.2, 0.25) is 5.02 Å². The molecule has 162 valence electrons. The van der Waals surface area contributed by atoms with Crippen molar-refractivity contribution in [1.29, 1.82) is 0 Å². The number of halogens is 1. The minimum absolute atomic E-state index is 0.0181. The first-order valence-electron chi connectivity index (χ1n) is 10.4. The Morgan fingerprint density at radius 1 is 1.16 bits per heavy atom. The third-order valence-electron chi connectivity index (χ3n) is 5.82. The van der Waals surface area contributed by atoms with E-state index in [1.807, 2.05) is 30.5 Å². The number of aryl methyl sites for hydroxylation is 1. The van der Waals surface area contributed by atoms with Gasteiger partial charge in [-0.3, -0.25) is 4.98 Å². The molecule has 31 heavy (non-hydrogen) atoms. The van der Waals surface area contributed by atoms with Gasteiger partial charge >= 0.3 is 0 Å². The molecule has 0 unspecified atom stereocenters. The highest BCUT2D eigenvalue weighted by Crippen LogP contribution is 2.41. The predicted octanol–water partition coefficient (Wildman–Crippen LogP) is 5.15. The number of hydrogen-bond acceptors (Lipinski definition) is 3. The van der Waals surface area contributed by atoms with Crippen LogP contribution in [0.5, 0.6) is 0 Å². The van der Waals surface area contributed by atoms with Gasteiger partial charge in [-0.1, -0.05) is 17.7 Å². The molecule has 0 saturated carbocycles. The van der Waals surface area contributed by atoms with E-state index in [9.17, 15) is 0 Å². The zero-order chi connectivity index (χ0) is 22.0. The number of benzene rings is 1. The van der Waals surface area contributed by atoms with E-state index in [1.165, 1.54) is 17.0 Å². The highest BCUT2D eigenvalue weighted by atomic mass is 35.5. The molecule has 4 rings (SSSR count). The monoisotopic (exact) mass is 454 g/mol. The summed E-state index contributed by atoms with van der Waals surface area (Å²) in [5.74, 6) is 0. The number of nitrogens with zero attached hydrogens (tertiary/aromatic N) is 3. The zero-order valence-electron chi connectivity index (χ0n) is 18.0. The van der Waals surface area contributed by atoms with Crippen LogP contribution in [-0.2, 0) is 4.74 Å². The van der Waals surface area contributed by atoms with E-state index in [2.05, 4.69) is 57.9 Å². The molecule has 0 spiro atoms. The quantitative estimate of drug-likeness (QED) is 0.395. The first kappa shape index (κ1) is 21.8. The van der Waals surface area contributed by atoms with E-state index in [4.69, 9.17) is 28.6 Å². The third kappa shape index (κ3) is 4.33. The molecule has 3 heterocycles. The van der Waals surface area contributed by atoms with Crippen molar-refractivity contribution in [3.8, 4) is 5.69 Å². The number of aromatic nitrogens is 2. The molecule has 1 saturated heterocycles. The Balaban J connectivity index is 1.78. The third-order valence-corrected chi connectivity index (χ3v) is 6.42. The Morgan fingerprint density at radius 2 is 1.94 bits per heavy atom. The Kier molecular flexibility index (Phi) is 6.60. The van der Waals surface area contributed by atoms with Crippen molar-refractivity contribution < 1.29 is 4.74 Å². The average Bonchev–Trinajstić information content (AvgIpc) is 3.25. The van der Waals surface area contributed by atoms with Crippen molar-refractivity contribution in [1.82, 2.24) is 19.8 Å². The van der Waals surface area contributed by atoms with Gasteiger partial charge in [0.05, 0.1) is 17.8 Å². The molecular formula is C24H27ClN4OS. The van der Waals surface area contributed by atoms with Gasteiger partial charge in [0.25, 0.3) is 0 Å². The van der Waals surface area contributed by atoms with Crippen LogP contribution in [0.15, 0.2) is 54.7 Å². The Bertz CT molecular complexity index is 1050. The summed E-state index contributed by atoms with van der Waals surface area (Å²) in [5, 5.41) is 5.02. The van der Waals surface area contributed by atoms with E-state index in [1.54, 1.807) is 7.11 Å². The average molecular weight is 455 g/mol. The molecule has 2 aromatic heterocycles. The second-order valence-electron chi connectivity index (χ2n) is 7.80. The fraction of sp³-hybridized carbons (Fsp3) is 0.333. The van der Waals surface area contributed by atoms with Crippen LogP contribution < -0.4 is 5.32 Å². The largest absolute Gasteiger partial charge is 0.385 e. The summed E-state index contributed by atoms with van der Waals surface area (Å²) in [4.78, 5) is 6.91. The second-order valence-corrected chi connectivity index (χ2v) is 8.63. The first-order valence-corrected chi connectivity index (χ1v) is 11.2. The van der Waals surface area contributed by atoms with Crippen LogP contribution in [0.1, 0.15) is 41.1 Å². The molecule has 1 aliphatic heterocycles. The minimum atomic E-state index is -0.0181. The fourth-order valence-electron chi connectivity index (χ4n) is 4.44. The van der Waals surface area contributed by atoms with Gasteiger partial charge in [0.2, 0.25) is 0 Å². The molecule has 0 radical (unpaired) electrons. The molecule has 5 nitrogen and oxygen atoms in total. The standard InChI is InChI=1S/C24H27ClN4OS/c1-16-15-20(17(2)29(16)19-10-8-18(25)9-11-19)23-22(21-7-4-5-12-26-21)27-24(31)28(23)13-6-14-30-3/h4-5,7-12,15,22-23H,6,13-14H2,1-3H3,(H,27,31)/t22-,23-/m0/s1. The zero-order valence-corrected chi connectivity index (χ0v) is 19.6. The summed E-state index contributed by atoms with van der Waals surface area (Å²) in [6, 6.07) is 16.3. The van der Waals surface area contributed by atoms with Crippen molar-refractivity contribution >= 4 is 28.9 Å². The maximum atomic E-state index is 6.11. The van der Waals surface area contributed by atoms with Crippen LogP contribution >= 0.6 is 23.8 Å². The van der Waals surface area contributed by atoms with Crippen molar-refractivity contribution in [2.75, 3.05) is 20.3 Å². The molecule has 3 aromatic rings. The molecular weight excluding hydrogens is 428 g/mol. The van der Waals surface area contributed by atoms with Gasteiger partial charge in [0.15, 0.2) is 5.11 Å². The topological polar surface area (TPSA) is 42.3 Å². The summed E-state index contributed by atoms with van der Waals surface area (Å²) in [6.07, 6.45) is 2.74. The number of pyridine rings is 1. The van der Waals surface area contributed by atoms with Crippen LogP contribution in [-0.4, -0.2) is 39.8 Å². The number of methoxy groups -OCH3 is 1. The Morgan fingerprint density at radius 3 is 2.61 bits per heavy atom. The molecule has 1 aromatic carbocycles. The lowest BCUT2D eigenvalue weighted by molar-refractivity contribution is 0.180. The molecule has 1 aliphatic rings. The summed E-state index contributed by atoms with van der Waals surface area (Å²) in [6.45, 7) is 5.82. The number of rotatable bonds is 7. The minimum Gasteiger partial charge on any atom is -0.385 e. The fourth-order valence-corrected chi connectivity index (χ4v) is 4.90. The van der Waals surface area contributed by atoms with Gasteiger partial charge in [-0.2, -0.15) is 0 Å². The van der Waals surface area contributed by atoms with Crippen molar-refractivity contribution in [3.05, 3.63) is 82.4 Å². The summed E-state index contributed by atoms with van der Waals surface area (Å²) in [7, 11) is 1.73. The number of ether oxygens (including phenoxy) is 1. The predicted molar refractivity (Wildman–Crippen MR) is 129 cm³/mol. The van der Waals surface area contributed by atoms with E-state index >= 15 is 0 Å². The van der Waals surface area contributed by atoms with Crippen LogP contribution in [0.3, 0.4) is 0 Å². The molecule has 0 bridgehead atoms. The molecule has 1 N–H and O–H groups in total. The number of hydrogen-bond donors (Lipinski definition) is 1. The van der Waals surface area contributed by atoms with E-state index < -0.39 is 0 Å². The van der Waals surface area contributed by atoms with E-state index in [-0.39, 0.29) is 12.1 Å². The van der Waals surface area contributed by atoms with Crippen molar-refractivity contribution in [2.24, 2.45) is 0 Å². The molecule has 7 heteroatoms. The maximum absolute atomic E-state index is 6.11. The highest BCUT2D eigenvalue weighted by Gasteiger charge is 2.41. The van der Waals surface area contributed by atoms with Crippen LogP contribution in [0.4, 0.5) is 0 Å². The van der Waals surface area contributed by atoms with Gasteiger partial charge < -0.3 is 19.5 Å². The van der Waals surface area contributed by atoms with Crippen molar-refractivity contribution in [2.45, 2.75) is 32.4 Å². The van der Waals surface area contributed by atoms with Crippen LogP contribution in [0, 0.1) is 13.8 Å². The Hall–Kier alpha value is -2.41. The summed E-state index contributed by atoms with van der Waals surface area (Å²) < 4.78 is 7.56. The van der Waals surface area contributed by atoms with Gasteiger partial charge in [-0.15, -0.1) is 0 Å². The van der Waals surface area contributed by atoms with Gasteiger partial charge in [-0.25, -0.2) is 0 Å². The second kappa shape index (κ2) is 9.39. The summed E-state index contributed by atoms with van der Waals surface area (Å²) in [5.41, 5.74) is 5.69. The normalized spacial score (nSPS) is 18.5. The SMILES string of the molecule is COCCCN1C(=S)N[C@@H](c2ccccn2)[C@@H]1c1cc(C)n(-c2ccc(Cl)cc2)c1C. The lowest BCUT2D eigenvalue weighted by Gasteiger charge is -2.28. The van der Waals surface area contributed by atoms with E-state index in [0.29, 0.717) is 6.61 Å². The highest BCUT2D eigenvalue weighted by molar-refractivity contribution is 7.80. The van der Waals surface area contributed by atoms with Gasteiger partial charge in [0.1, 0.15) is 0 Å². The smallest absolute Gasteiger partial charge is 0.170 e. The first-order chi connectivity index (χ1) is 15.0. The van der Waals surface area contributed by atoms with Gasteiger partial charge in [-0.05, 0) is 80.5 Å². The van der Waals surface area contributed by atoms with Gasteiger partial charge in [0, 0.05) is 48.6 Å². The lowest BCUT2D eigenvalue weighted by Crippen LogP contribution is -2.31. The Labute approximate surface area is 194 Å². The molecule has 2 atom stereocenters. The van der Waals surface area contributed by atoms with E-state index in [0.717, 1.165) is 34.5 Å². The number of nitrogens with one attached hydrogen (secondary N) is 1.